The van der Waals surface area contributed by atoms with E-state index in [1.54, 1.807) is 16.7 Å². The summed E-state index contributed by atoms with van der Waals surface area (Å²) >= 11 is 11.4. The molecule has 7 nitrogen and oxygen atoms in total. The fraction of sp³-hybridized carbons (Fsp3) is 0.500. The highest BCUT2D eigenvalue weighted by Gasteiger charge is 2.16. The van der Waals surface area contributed by atoms with Gasteiger partial charge in [-0.15, -0.1) is 0 Å². The number of hydrogen-bond donors (Lipinski definition) is 2. The van der Waals surface area contributed by atoms with E-state index in [9.17, 15) is 4.79 Å². The predicted octanol–water partition coefficient (Wildman–Crippen LogP) is 3.68. The molecule has 1 aromatic heterocycles. The Kier molecular flexibility index (Phi) is 8.12. The van der Waals surface area contributed by atoms with Gasteiger partial charge in [0.05, 0.1) is 18.2 Å². The first-order valence-electron chi connectivity index (χ1n) is 8.95. The summed E-state index contributed by atoms with van der Waals surface area (Å²) in [6.07, 6.45) is 2.49. The van der Waals surface area contributed by atoms with Crippen molar-refractivity contribution in [2.24, 2.45) is 7.05 Å². The number of hydrogen-bond acceptors (Lipinski definition) is 5. The number of carbonyl (C=O) groups excluding carboxylic acids is 1. The van der Waals surface area contributed by atoms with Crippen molar-refractivity contribution in [3.63, 3.8) is 0 Å². The van der Waals surface area contributed by atoms with Crippen molar-refractivity contribution in [3.8, 4) is 11.5 Å². The second-order valence-corrected chi connectivity index (χ2v) is 6.72. The number of rotatable bonds is 10. The minimum Gasteiger partial charge on any atom is -0.490 e. The van der Waals surface area contributed by atoms with Crippen molar-refractivity contribution >= 4 is 29.7 Å². The van der Waals surface area contributed by atoms with Crippen LogP contribution in [-0.2, 0) is 13.5 Å². The van der Waals surface area contributed by atoms with Gasteiger partial charge < -0.3 is 19.4 Å². The number of nitrogens with zero attached hydrogens (tertiary/aromatic N) is 2. The Labute approximate surface area is 169 Å². The minimum atomic E-state index is -0.241. The third kappa shape index (κ3) is 5.71. The van der Waals surface area contributed by atoms with Crippen molar-refractivity contribution in [3.05, 3.63) is 33.3 Å². The number of ether oxygens (including phenoxy) is 2. The number of unbranched alkanes of at least 4 members (excludes halogenated alkanes) is 1. The summed E-state index contributed by atoms with van der Waals surface area (Å²) in [5, 5.41) is 10.1. The Balaban J connectivity index is 2.06. The molecule has 148 valence electrons. The van der Waals surface area contributed by atoms with E-state index in [2.05, 4.69) is 22.4 Å². The molecule has 0 atom stereocenters. The molecule has 0 unspecified atom stereocenters. The average molecular weight is 413 g/mol. The van der Waals surface area contributed by atoms with Gasteiger partial charge in [0, 0.05) is 25.6 Å². The molecule has 0 fully saturated rings. The number of H-pyrrole nitrogens is 1. The van der Waals surface area contributed by atoms with Crippen LogP contribution in [0.1, 0.15) is 42.9 Å². The van der Waals surface area contributed by atoms with Gasteiger partial charge >= 0.3 is 0 Å². The molecule has 2 N–H and O–H groups in total. The van der Waals surface area contributed by atoms with Crippen LogP contribution in [-0.4, -0.2) is 40.4 Å². The molecular formula is C18H25ClN4O3S. The molecule has 0 spiro atoms. The summed E-state index contributed by atoms with van der Waals surface area (Å²) in [6.45, 7) is 5.37. The maximum atomic E-state index is 12.5. The van der Waals surface area contributed by atoms with Crippen LogP contribution in [0.25, 0.3) is 0 Å². The second-order valence-electron chi connectivity index (χ2n) is 5.93. The lowest BCUT2D eigenvalue weighted by Gasteiger charge is -2.15. The summed E-state index contributed by atoms with van der Waals surface area (Å²) in [4.78, 5) is 12.5. The molecule has 2 aromatic rings. The molecule has 9 heteroatoms. The zero-order chi connectivity index (χ0) is 19.8. The zero-order valence-corrected chi connectivity index (χ0v) is 17.4. The molecule has 1 aromatic carbocycles. The highest BCUT2D eigenvalue weighted by molar-refractivity contribution is 7.71. The summed E-state index contributed by atoms with van der Waals surface area (Å²) in [5.74, 6) is 1.48. The number of aromatic nitrogens is 3. The van der Waals surface area contributed by atoms with Gasteiger partial charge in [-0.25, -0.2) is 0 Å². The van der Waals surface area contributed by atoms with Crippen LogP contribution in [0.4, 0.5) is 0 Å². The third-order valence-corrected chi connectivity index (χ3v) is 4.57. The fourth-order valence-corrected chi connectivity index (χ4v) is 2.83. The highest BCUT2D eigenvalue weighted by atomic mass is 35.5. The maximum absolute atomic E-state index is 12.5. The van der Waals surface area contributed by atoms with E-state index in [0.29, 0.717) is 53.0 Å². The Morgan fingerprint density at radius 2 is 2.15 bits per heavy atom. The quantitative estimate of drug-likeness (QED) is 0.459. The van der Waals surface area contributed by atoms with E-state index in [1.165, 1.54) is 0 Å². The lowest BCUT2D eigenvalue weighted by Crippen LogP contribution is -2.26. The van der Waals surface area contributed by atoms with Gasteiger partial charge in [-0.1, -0.05) is 24.9 Å². The zero-order valence-electron chi connectivity index (χ0n) is 15.8. The van der Waals surface area contributed by atoms with Crippen LogP contribution in [0, 0.1) is 4.77 Å². The number of benzene rings is 1. The van der Waals surface area contributed by atoms with Crippen LogP contribution >= 0.6 is 23.8 Å². The summed E-state index contributed by atoms with van der Waals surface area (Å²) in [6, 6.07) is 3.25. The minimum absolute atomic E-state index is 0.241. The molecule has 0 aliphatic rings. The van der Waals surface area contributed by atoms with E-state index in [-0.39, 0.29) is 5.91 Å². The number of nitrogens with one attached hydrogen (secondary N) is 2. The standard InChI is InChI=1S/C18H25ClN4O3S/c1-4-6-9-26-16-13(19)10-12(11-14(16)25-5-2)17(24)20-8-7-15-21-22-18(27)23(15)3/h10-11H,4-9H2,1-3H3,(H,20,24)(H,22,27). The van der Waals surface area contributed by atoms with E-state index < -0.39 is 0 Å². The van der Waals surface area contributed by atoms with Crippen molar-refractivity contribution in [2.75, 3.05) is 19.8 Å². The van der Waals surface area contributed by atoms with Crippen LogP contribution in [0.2, 0.25) is 5.02 Å². The van der Waals surface area contributed by atoms with Gasteiger partial charge in [0.2, 0.25) is 0 Å². The monoisotopic (exact) mass is 412 g/mol. The van der Waals surface area contributed by atoms with Crippen LogP contribution < -0.4 is 14.8 Å². The van der Waals surface area contributed by atoms with Gasteiger partial charge in [0.25, 0.3) is 5.91 Å². The third-order valence-electron chi connectivity index (χ3n) is 3.92. The fourth-order valence-electron chi connectivity index (χ4n) is 2.41. The van der Waals surface area contributed by atoms with Gasteiger partial charge in [0.15, 0.2) is 16.3 Å². The van der Waals surface area contributed by atoms with Crippen molar-refractivity contribution < 1.29 is 14.3 Å². The molecule has 1 heterocycles. The van der Waals surface area contributed by atoms with E-state index in [1.807, 2.05) is 14.0 Å². The number of carbonyl (C=O) groups is 1. The van der Waals surface area contributed by atoms with Gasteiger partial charge in [-0.05, 0) is 37.7 Å². The topological polar surface area (TPSA) is 81.2 Å². The molecule has 0 aliphatic heterocycles. The molecule has 2 rings (SSSR count). The second kappa shape index (κ2) is 10.3. The molecule has 0 bridgehead atoms. The average Bonchev–Trinajstić information content (AvgIpc) is 2.96. The molecule has 0 aliphatic carbocycles. The summed E-state index contributed by atoms with van der Waals surface area (Å²) in [5.41, 5.74) is 0.418. The summed E-state index contributed by atoms with van der Waals surface area (Å²) < 4.78 is 13.7. The smallest absolute Gasteiger partial charge is 0.251 e. The maximum Gasteiger partial charge on any atom is 0.251 e. The predicted molar refractivity (Wildman–Crippen MR) is 107 cm³/mol. The van der Waals surface area contributed by atoms with Crippen LogP contribution in [0.15, 0.2) is 12.1 Å². The lowest BCUT2D eigenvalue weighted by atomic mass is 10.2. The van der Waals surface area contributed by atoms with Crippen molar-refractivity contribution in [1.82, 2.24) is 20.1 Å². The van der Waals surface area contributed by atoms with Crippen molar-refractivity contribution in [2.45, 2.75) is 33.1 Å². The van der Waals surface area contributed by atoms with Crippen LogP contribution in [0.3, 0.4) is 0 Å². The Hall–Kier alpha value is -2.06. The molecule has 27 heavy (non-hydrogen) atoms. The Morgan fingerprint density at radius 3 is 2.78 bits per heavy atom. The number of aromatic amines is 1. The molecule has 0 saturated carbocycles. The Bertz CT molecular complexity index is 834. The number of halogens is 1. The molecule has 0 radical (unpaired) electrons. The van der Waals surface area contributed by atoms with Gasteiger partial charge in [-0.3, -0.25) is 9.89 Å². The lowest BCUT2D eigenvalue weighted by molar-refractivity contribution is 0.0953. The van der Waals surface area contributed by atoms with Gasteiger partial charge in [-0.2, -0.15) is 5.10 Å². The van der Waals surface area contributed by atoms with E-state index in [4.69, 9.17) is 33.3 Å². The SMILES string of the molecule is CCCCOc1c(Cl)cc(C(=O)NCCc2n[nH]c(=S)n2C)cc1OCC. The van der Waals surface area contributed by atoms with E-state index >= 15 is 0 Å². The first kappa shape index (κ1) is 21.2. The molecule has 1 amide bonds. The largest absolute Gasteiger partial charge is 0.490 e. The molecule has 0 saturated heterocycles. The van der Waals surface area contributed by atoms with Gasteiger partial charge in [0.1, 0.15) is 5.82 Å². The highest BCUT2D eigenvalue weighted by Crippen LogP contribution is 2.36. The number of amides is 1. The van der Waals surface area contributed by atoms with Crippen LogP contribution in [0.5, 0.6) is 11.5 Å². The first-order chi connectivity index (χ1) is 13.0. The normalized spacial score (nSPS) is 10.7. The first-order valence-corrected chi connectivity index (χ1v) is 9.74. The Morgan fingerprint density at radius 1 is 1.37 bits per heavy atom. The summed E-state index contributed by atoms with van der Waals surface area (Å²) in [7, 11) is 1.83. The van der Waals surface area contributed by atoms with E-state index in [0.717, 1.165) is 18.7 Å². The molecular weight excluding hydrogens is 388 g/mol. The van der Waals surface area contributed by atoms with Crippen molar-refractivity contribution in [1.29, 1.82) is 0 Å².